The largest absolute Gasteiger partial charge is 0.343 e. The summed E-state index contributed by atoms with van der Waals surface area (Å²) in [4.78, 5) is 9.83. The fraction of sp³-hybridized carbons (Fsp3) is 0. The van der Waals surface area contributed by atoms with Crippen molar-refractivity contribution in [1.29, 1.82) is 0 Å². The normalized spacial score (nSPS) is 11.0. The molecule has 0 spiro atoms. The Morgan fingerprint density at radius 3 is 2.55 bits per heavy atom. The molecule has 4 rings (SSSR count). The van der Waals surface area contributed by atoms with E-state index in [0.717, 1.165) is 0 Å². The second-order valence-corrected chi connectivity index (χ2v) is 3.75. The van der Waals surface area contributed by atoms with Gasteiger partial charge in [-0.15, -0.1) is 25.2 Å². The maximum Gasteiger partial charge on any atom is 0.210 e. The van der Waals surface area contributed by atoms with Gasteiger partial charge in [-0.25, -0.2) is 4.98 Å². The van der Waals surface area contributed by atoms with Gasteiger partial charge >= 0.3 is 0 Å². The number of aromatic amines is 1. The molecule has 0 saturated carbocycles. The first-order valence-corrected chi connectivity index (χ1v) is 5.62. The Bertz CT molecular complexity index is 741. The molecule has 1 N–H and O–H groups in total. The van der Waals surface area contributed by atoms with Gasteiger partial charge in [0, 0.05) is 12.4 Å². The molecule has 0 aliphatic rings. The van der Waals surface area contributed by atoms with Crippen molar-refractivity contribution >= 4 is 0 Å². The Kier molecular flexibility index (Phi) is 2.15. The van der Waals surface area contributed by atoms with E-state index in [2.05, 4.69) is 40.8 Å². The third kappa shape index (κ3) is 1.57. The van der Waals surface area contributed by atoms with Crippen molar-refractivity contribution in [3.63, 3.8) is 0 Å². The number of nitrogens with one attached hydrogen (secondary N) is 1. The summed E-state index contributed by atoms with van der Waals surface area (Å²) in [6, 6.07) is 0. The van der Waals surface area contributed by atoms with Crippen LogP contribution in [0.2, 0.25) is 0 Å². The Balaban J connectivity index is 1.92. The zero-order valence-corrected chi connectivity index (χ0v) is 9.94. The van der Waals surface area contributed by atoms with Crippen LogP contribution in [0.1, 0.15) is 0 Å². The van der Waals surface area contributed by atoms with Crippen LogP contribution in [-0.4, -0.2) is 55.2 Å². The van der Waals surface area contributed by atoms with Crippen LogP contribution in [0.15, 0.2) is 37.2 Å². The predicted octanol–water partition coefficient (Wildman–Crippen LogP) is -0.848. The lowest BCUT2D eigenvalue weighted by Crippen LogP contribution is -2.14. The summed E-state index contributed by atoms with van der Waals surface area (Å²) < 4.78 is 1.50. The lowest BCUT2D eigenvalue weighted by molar-refractivity contribution is 0.429. The molecule has 0 bridgehead atoms. The van der Waals surface area contributed by atoms with E-state index < -0.39 is 0 Å². The van der Waals surface area contributed by atoms with Gasteiger partial charge in [0.15, 0.2) is 11.5 Å². The summed E-state index contributed by atoms with van der Waals surface area (Å²) in [5, 5.41) is 23.9. The highest BCUT2D eigenvalue weighted by Crippen LogP contribution is 2.18. The van der Waals surface area contributed by atoms with Gasteiger partial charge in [0.05, 0.1) is 24.8 Å². The molecular formula is C9H7N11. The summed E-state index contributed by atoms with van der Waals surface area (Å²) in [5.41, 5.74) is 0.524. The molecule has 0 radical (unpaired) electrons. The van der Waals surface area contributed by atoms with Crippen LogP contribution in [-0.2, 0) is 0 Å². The average Bonchev–Trinajstić information content (AvgIpc) is 3.22. The van der Waals surface area contributed by atoms with Gasteiger partial charge in [-0.2, -0.15) is 4.68 Å². The maximum absolute atomic E-state index is 4.33. The van der Waals surface area contributed by atoms with E-state index in [9.17, 15) is 0 Å². The topological polar surface area (TPSA) is 121 Å². The molecule has 0 atom stereocenters. The summed E-state index contributed by atoms with van der Waals surface area (Å²) in [6.45, 7) is 0. The van der Waals surface area contributed by atoms with E-state index in [1.165, 1.54) is 20.6 Å². The van der Waals surface area contributed by atoms with E-state index in [-0.39, 0.29) is 0 Å². The van der Waals surface area contributed by atoms with Crippen molar-refractivity contribution in [1.82, 2.24) is 55.2 Å². The number of H-pyrrole nitrogens is 1. The van der Waals surface area contributed by atoms with Crippen molar-refractivity contribution in [2.24, 2.45) is 0 Å². The molecule has 98 valence electrons. The summed E-state index contributed by atoms with van der Waals surface area (Å²) in [6.07, 6.45) is 9.72. The third-order valence-corrected chi connectivity index (χ3v) is 2.54. The van der Waals surface area contributed by atoms with Gasteiger partial charge in [0.1, 0.15) is 0 Å². The lowest BCUT2D eigenvalue weighted by Gasteiger charge is -1.95. The fourth-order valence-corrected chi connectivity index (χ4v) is 1.70. The Morgan fingerprint density at radius 2 is 1.85 bits per heavy atom. The van der Waals surface area contributed by atoms with Crippen LogP contribution in [0, 0.1) is 0 Å². The Hall–Kier alpha value is -3.37. The van der Waals surface area contributed by atoms with E-state index >= 15 is 0 Å². The van der Waals surface area contributed by atoms with Gasteiger partial charge in [-0.05, 0) is 5.21 Å². The first-order chi connectivity index (χ1) is 9.92. The maximum atomic E-state index is 4.33. The van der Waals surface area contributed by atoms with Crippen molar-refractivity contribution in [3.05, 3.63) is 37.2 Å². The Labute approximate surface area is 110 Å². The van der Waals surface area contributed by atoms with Crippen LogP contribution < -0.4 is 0 Å². The standard InChI is InChI=1S/C9H7N11/c1-2-11-8(10-1)7-9(18-5-3-12-16-18)15-20(14-7)19-6-4-13-17-19/h1-6H,(H,10,11). The van der Waals surface area contributed by atoms with Crippen molar-refractivity contribution in [2.75, 3.05) is 0 Å². The lowest BCUT2D eigenvalue weighted by atomic mass is 10.4. The molecule has 0 fully saturated rings. The quantitative estimate of drug-likeness (QED) is 0.514. The Morgan fingerprint density at radius 1 is 0.950 bits per heavy atom. The van der Waals surface area contributed by atoms with E-state index in [1.54, 1.807) is 31.0 Å². The number of hydrogen-bond donors (Lipinski definition) is 1. The highest BCUT2D eigenvalue weighted by Gasteiger charge is 2.18. The summed E-state index contributed by atoms with van der Waals surface area (Å²) in [7, 11) is 0. The van der Waals surface area contributed by atoms with E-state index in [1.807, 2.05) is 0 Å². The average molecular weight is 269 g/mol. The van der Waals surface area contributed by atoms with Crippen molar-refractivity contribution in [3.8, 4) is 17.3 Å². The number of rotatable bonds is 3. The van der Waals surface area contributed by atoms with Crippen LogP contribution in [0.3, 0.4) is 0 Å². The van der Waals surface area contributed by atoms with E-state index in [4.69, 9.17) is 0 Å². The number of hydrogen-bond acceptors (Lipinski definition) is 7. The van der Waals surface area contributed by atoms with Gasteiger partial charge in [-0.1, -0.05) is 10.1 Å². The molecule has 4 aromatic rings. The van der Waals surface area contributed by atoms with E-state index in [0.29, 0.717) is 17.3 Å². The molecule has 20 heavy (non-hydrogen) atoms. The molecule has 0 saturated heterocycles. The van der Waals surface area contributed by atoms with Crippen LogP contribution >= 0.6 is 0 Å². The smallest absolute Gasteiger partial charge is 0.210 e. The minimum absolute atomic E-state index is 0.480. The van der Waals surface area contributed by atoms with Crippen molar-refractivity contribution < 1.29 is 0 Å². The monoisotopic (exact) mass is 269 g/mol. The molecule has 0 amide bonds. The minimum Gasteiger partial charge on any atom is -0.343 e. The summed E-state index contributed by atoms with van der Waals surface area (Å²) >= 11 is 0. The highest BCUT2D eigenvalue weighted by atomic mass is 15.8. The van der Waals surface area contributed by atoms with Crippen LogP contribution in [0.5, 0.6) is 0 Å². The molecular weight excluding hydrogens is 262 g/mol. The van der Waals surface area contributed by atoms with Crippen LogP contribution in [0.4, 0.5) is 0 Å². The highest BCUT2D eigenvalue weighted by molar-refractivity contribution is 5.58. The van der Waals surface area contributed by atoms with Gasteiger partial charge in [0.25, 0.3) is 0 Å². The minimum atomic E-state index is 0.480. The molecule has 4 heterocycles. The molecule has 0 aliphatic carbocycles. The van der Waals surface area contributed by atoms with Crippen LogP contribution in [0.25, 0.3) is 17.3 Å². The number of aromatic nitrogens is 11. The molecule has 11 nitrogen and oxygen atoms in total. The second-order valence-electron chi connectivity index (χ2n) is 3.75. The molecule has 0 aromatic carbocycles. The number of nitrogens with zero attached hydrogens (tertiary/aromatic N) is 10. The molecule has 0 unspecified atom stereocenters. The first kappa shape index (κ1) is 10.5. The zero-order chi connectivity index (χ0) is 13.4. The van der Waals surface area contributed by atoms with Gasteiger partial charge in [-0.3, -0.25) is 0 Å². The fourth-order valence-electron chi connectivity index (χ4n) is 1.70. The van der Waals surface area contributed by atoms with Gasteiger partial charge in [0.2, 0.25) is 5.82 Å². The molecule has 11 heteroatoms. The zero-order valence-electron chi connectivity index (χ0n) is 9.94. The third-order valence-electron chi connectivity index (χ3n) is 2.54. The SMILES string of the molecule is c1cn(-c2nn(-n3ccnn3)nc2-c2ncc[nH]2)nn1. The first-order valence-electron chi connectivity index (χ1n) is 5.62. The molecule has 0 aliphatic heterocycles. The van der Waals surface area contributed by atoms with Gasteiger partial charge < -0.3 is 4.98 Å². The predicted molar refractivity (Wildman–Crippen MR) is 63.3 cm³/mol. The summed E-state index contributed by atoms with van der Waals surface area (Å²) in [5.74, 6) is 1.05. The van der Waals surface area contributed by atoms with Crippen molar-refractivity contribution in [2.45, 2.75) is 0 Å². The second kappa shape index (κ2) is 4.08. The number of imidazole rings is 1. The molecule has 4 aromatic heterocycles.